The Morgan fingerprint density at radius 3 is 1.36 bits per heavy atom. The van der Waals surface area contributed by atoms with Crippen LogP contribution in [-0.2, 0) is 59.0 Å². The van der Waals surface area contributed by atoms with E-state index in [1.807, 2.05) is 150 Å². The molecule has 4 unspecified atom stereocenters. The molecule has 6 rings (SSSR count). The Morgan fingerprint density at radius 2 is 0.953 bits per heavy atom. The van der Waals surface area contributed by atoms with Crippen molar-refractivity contribution in [2.75, 3.05) is 29.9 Å². The van der Waals surface area contributed by atoms with Gasteiger partial charge in [-0.25, -0.2) is 8.42 Å². The highest BCUT2D eigenvalue weighted by Gasteiger charge is 2.42. The van der Waals surface area contributed by atoms with Gasteiger partial charge in [-0.1, -0.05) is 252 Å². The molecule has 0 radical (unpaired) electrons. The maximum atomic E-state index is 12.4. The average Bonchev–Trinajstić information content (AvgIpc) is 1.69. The van der Waals surface area contributed by atoms with Gasteiger partial charge in [-0.3, -0.25) is 57.7 Å². The number of ether oxygens (including phenoxy) is 1. The third kappa shape index (κ3) is 64.5. The number of rotatable bonds is 42. The number of anilines is 1. The van der Waals surface area contributed by atoms with Gasteiger partial charge in [-0.05, 0) is 186 Å². The molecule has 2 aliphatic heterocycles. The number of Topliss-reactive ketones (excluding diaryl/α,β-unsaturated/α-hetero) is 5. The molecule has 1 N–H and O–H groups in total. The van der Waals surface area contributed by atoms with Gasteiger partial charge in [0.25, 0.3) is 0 Å². The highest BCUT2D eigenvalue weighted by atomic mass is 32.2. The van der Waals surface area contributed by atoms with Crippen LogP contribution in [0, 0.1) is 59.2 Å². The second kappa shape index (κ2) is 70.6. The van der Waals surface area contributed by atoms with Crippen molar-refractivity contribution in [2.45, 2.75) is 393 Å². The predicted molar refractivity (Wildman–Crippen MR) is 554 cm³/mol. The molecule has 1 aliphatic carbocycles. The molecule has 25 heteroatoms. The predicted octanol–water partition coefficient (Wildman–Crippen LogP) is 26.4. The first-order chi connectivity index (χ1) is 58.8. The lowest BCUT2D eigenvalue weighted by Gasteiger charge is -2.30. The zero-order chi connectivity index (χ0) is 98.3. The molecule has 3 aromatic rings. The van der Waals surface area contributed by atoms with Crippen molar-refractivity contribution in [3.63, 3.8) is 0 Å². The highest BCUT2D eigenvalue weighted by molar-refractivity contribution is 8.02. The van der Waals surface area contributed by atoms with Crippen LogP contribution in [0.5, 0.6) is 5.75 Å². The van der Waals surface area contributed by atoms with E-state index < -0.39 is 27.1 Å². The molecule has 3 aromatic carbocycles. The molecular formula is C102H174N3O14S8-. The fourth-order valence-electron chi connectivity index (χ4n) is 12.2. The summed E-state index contributed by atoms with van der Waals surface area (Å²) < 4.78 is 38.5. The van der Waals surface area contributed by atoms with Crippen LogP contribution in [0.2, 0.25) is 0 Å². The van der Waals surface area contributed by atoms with Crippen molar-refractivity contribution in [3.8, 4) is 5.75 Å². The molecule has 0 aromatic heterocycles. The van der Waals surface area contributed by atoms with E-state index >= 15 is 0 Å². The maximum absolute atomic E-state index is 12.4. The van der Waals surface area contributed by atoms with E-state index in [4.69, 9.17) is 4.74 Å². The molecule has 730 valence electrons. The van der Waals surface area contributed by atoms with Crippen molar-refractivity contribution < 1.29 is 65.7 Å². The Hall–Kier alpha value is -4.08. The largest absolute Gasteiger partial charge is 0.747 e. The average molecular weight is 1920 g/mol. The summed E-state index contributed by atoms with van der Waals surface area (Å²) in [5.41, 5.74) is 2.77. The molecule has 0 spiro atoms. The number of thioether (sulfide) groups is 7. The number of hydrogen-bond donors (Lipinski definition) is 1. The van der Waals surface area contributed by atoms with Crippen molar-refractivity contribution >= 4 is 157 Å². The number of likely N-dealkylation sites (tertiary alicyclic amines) is 2. The van der Waals surface area contributed by atoms with Gasteiger partial charge in [0.05, 0.1) is 16.6 Å². The molecule has 3 aliphatic rings. The van der Waals surface area contributed by atoms with Crippen LogP contribution < -0.4 is 10.1 Å². The molecule has 5 amide bonds. The summed E-state index contributed by atoms with van der Waals surface area (Å²) >= 11 is 12.5. The quantitative estimate of drug-likeness (QED) is 0.0182. The molecule has 3 fully saturated rings. The first kappa shape index (κ1) is 127. The summed E-state index contributed by atoms with van der Waals surface area (Å²) in [6.07, 6.45) is 10.4. The Balaban J connectivity index is -0.00000139. The molecule has 127 heavy (non-hydrogen) atoms. The third-order valence-corrected chi connectivity index (χ3v) is 28.3. The zero-order valence-electron chi connectivity index (χ0n) is 84.8. The maximum Gasteiger partial charge on any atom is 0.242 e. The minimum Gasteiger partial charge on any atom is -0.747 e. The smallest absolute Gasteiger partial charge is 0.242 e. The number of hydrogen-bond acceptors (Lipinski definition) is 21. The molecule has 2 heterocycles. The molecule has 1 saturated carbocycles. The van der Waals surface area contributed by atoms with E-state index in [1.165, 1.54) is 20.3 Å². The van der Waals surface area contributed by atoms with E-state index in [9.17, 15) is 60.9 Å². The van der Waals surface area contributed by atoms with Gasteiger partial charge in [0, 0.05) is 113 Å². The Labute approximate surface area is 804 Å². The third-order valence-electron chi connectivity index (χ3n) is 18.9. The summed E-state index contributed by atoms with van der Waals surface area (Å²) in [7, 11) is -4.52. The Bertz CT molecular complexity index is 3650. The van der Waals surface area contributed by atoms with Crippen LogP contribution >= 0.6 is 82.3 Å². The summed E-state index contributed by atoms with van der Waals surface area (Å²) in [5.74, 6) is 6.54. The second-order valence-electron chi connectivity index (χ2n) is 38.0. The topological polar surface area (TPSA) is 256 Å². The van der Waals surface area contributed by atoms with Crippen LogP contribution in [0.1, 0.15) is 335 Å². The van der Waals surface area contributed by atoms with Gasteiger partial charge in [0.15, 0.2) is 11.6 Å². The second-order valence-corrected chi connectivity index (χ2v) is 51.7. The minimum absolute atomic E-state index is 0.00548. The fourth-order valence-corrected chi connectivity index (χ4v) is 19.9. The lowest BCUT2D eigenvalue weighted by atomic mass is 9.77. The van der Waals surface area contributed by atoms with E-state index in [-0.39, 0.29) is 93.9 Å². The van der Waals surface area contributed by atoms with Crippen molar-refractivity contribution in [1.29, 1.82) is 0 Å². The van der Waals surface area contributed by atoms with Gasteiger partial charge in [0.1, 0.15) is 38.5 Å². The number of carbonyl (C=O) groups is 10. The minimum atomic E-state index is -4.52. The van der Waals surface area contributed by atoms with Gasteiger partial charge < -0.3 is 14.6 Å². The number of nitrogens with one attached hydrogen (secondary N) is 1. The van der Waals surface area contributed by atoms with Crippen molar-refractivity contribution in [1.82, 2.24) is 9.80 Å². The molecule has 4 atom stereocenters. The zero-order valence-corrected chi connectivity index (χ0v) is 91.3. The van der Waals surface area contributed by atoms with Crippen LogP contribution in [0.25, 0.3) is 0 Å². The first-order valence-electron chi connectivity index (χ1n) is 46.8. The summed E-state index contributed by atoms with van der Waals surface area (Å²) in [4.78, 5) is 122. The molecule has 17 nitrogen and oxygen atoms in total. The Morgan fingerprint density at radius 1 is 0.480 bits per heavy atom. The van der Waals surface area contributed by atoms with Gasteiger partial charge in [-0.15, -0.1) is 35.3 Å². The fraction of sp³-hybridized carbons (Fsp3) is 0.725. The normalized spacial score (nSPS) is 16.2. The number of carbonyl (C=O) groups excluding carboxylic acids is 10. The molecule has 2 saturated heterocycles. The number of amides is 5. The van der Waals surface area contributed by atoms with E-state index in [2.05, 4.69) is 178 Å². The van der Waals surface area contributed by atoms with Crippen LogP contribution in [0.4, 0.5) is 5.69 Å². The van der Waals surface area contributed by atoms with Gasteiger partial charge >= 0.3 is 0 Å². The number of nitrogens with zero attached hydrogens (tertiary/aromatic N) is 2. The van der Waals surface area contributed by atoms with Crippen LogP contribution in [0.15, 0.2) is 83.8 Å². The lowest BCUT2D eigenvalue weighted by Crippen LogP contribution is -2.37. The lowest BCUT2D eigenvalue weighted by molar-refractivity contribution is -0.140. The SMILES string of the molecule is CC(C)C.CC(C)C(=O)Nc1ccc(C(=O)C(C)C)cc1.CC(C)CCCN1C(=O)CC(SC(C)C)C1=O.CC(C)Oc1ccc(CSC(C)C)cc1.CC(C)SC(C)CCC(=O)C(C)C.CC(C)SC1CC(=O)N(CC2CCC(C(=O)C(C)C)CC2)C1=O.CC(C)SCCC(C(=O)C(C)C)S(=O)(=O)[O-].CC(C)SCCCC(=O)C(C)C.CC(C)Sc1ccccc1. The summed E-state index contributed by atoms with van der Waals surface area (Å²) in [6, 6.07) is 25.9. The van der Waals surface area contributed by atoms with Crippen LogP contribution in [-0.4, -0.2) is 170 Å². The van der Waals surface area contributed by atoms with Gasteiger partial charge in [0.2, 0.25) is 29.5 Å². The van der Waals surface area contributed by atoms with E-state index in [0.717, 1.165) is 93.1 Å². The first-order valence-corrected chi connectivity index (χ1v) is 55.2. The van der Waals surface area contributed by atoms with Crippen LogP contribution in [0.3, 0.4) is 0 Å². The number of ketones is 5. The number of imide groups is 2. The monoisotopic (exact) mass is 1920 g/mol. The summed E-state index contributed by atoms with van der Waals surface area (Å²) in [6.45, 7) is 70.5. The highest BCUT2D eigenvalue weighted by Crippen LogP contribution is 2.36. The van der Waals surface area contributed by atoms with Gasteiger partial charge in [-0.2, -0.15) is 47.0 Å². The molecular weight excluding hydrogens is 1750 g/mol. The van der Waals surface area contributed by atoms with E-state index in [1.54, 1.807) is 73.4 Å². The van der Waals surface area contributed by atoms with Crippen molar-refractivity contribution in [3.05, 3.63) is 90.0 Å². The summed E-state index contributed by atoms with van der Waals surface area (Å²) in [5, 5.41) is 5.55. The Kier molecular flexibility index (Phi) is 70.6. The van der Waals surface area contributed by atoms with Crippen molar-refractivity contribution in [2.24, 2.45) is 59.2 Å². The number of benzene rings is 3. The molecule has 0 bridgehead atoms. The standard InChI is InChI=1S/C18H29NO3S.C14H19NO2.C13H23NO2S.C13H20OS.C11H22OS.C10H20O4S2.C10H20OS.C9H12S.C4H10/c1-11(2)17(21)14-7-5-13(6-8-14)10-19-16(20)9-15(18(19)22)23-12(3)4;1-9(2)13(16)11-5-7-12(8-6-11)15-14(17)10(3)4;1-9(2)6-5-7-14-12(15)8-11(13(14)16)17-10(3)4;1-10(2)14-13-7-5-12(6-8-13)9-15-11(3)4;1-8(2)11(12)7-6-10(5)13-9(3)4;1-7(2)10(11)9(16(12,13)14)5-6-15-8(3)4;1-8(2)10(11)6-5-7-12-9(3)4;1-8(2)10-9-6-4-3-5-7-9;1-4(2)3/h11-15H,5-10H2,1-4H3;5-10H,1-4H3,(H,15,17);9-11H,5-8H2,1-4H3;5-8,10-11H,9H2,1-4H3;8-10H,6-7H2,1-5H3;7-9H,5-6H2,1-4H3,(H,12,13,14);8-9H,5-7H2,1-4H3;3-8H,1-2H3;4H,1-3H3/p-1. The van der Waals surface area contributed by atoms with E-state index in [0.29, 0.717) is 108 Å².